The quantitative estimate of drug-likeness (QED) is 0.217. The number of piperidine rings is 1. The third kappa shape index (κ3) is 5.54. The summed E-state index contributed by atoms with van der Waals surface area (Å²) in [4.78, 5) is 72.2. The molecule has 0 radical (unpaired) electrons. The zero-order chi connectivity index (χ0) is 38.3. The van der Waals surface area contributed by atoms with Crippen LogP contribution in [-0.4, -0.2) is 90.6 Å². The maximum atomic E-state index is 15.9. The number of aromatic nitrogens is 5. The topological polar surface area (TPSA) is 179 Å². The summed E-state index contributed by atoms with van der Waals surface area (Å²) in [7, 11) is 1.72. The summed E-state index contributed by atoms with van der Waals surface area (Å²) >= 11 is 0. The van der Waals surface area contributed by atoms with Gasteiger partial charge in [0, 0.05) is 62.8 Å². The van der Waals surface area contributed by atoms with E-state index in [0.717, 1.165) is 11.0 Å². The van der Waals surface area contributed by atoms with E-state index in [1.807, 2.05) is 9.80 Å². The number of rotatable bonds is 6. The zero-order valence-corrected chi connectivity index (χ0v) is 29.1. The van der Waals surface area contributed by atoms with Gasteiger partial charge in [-0.05, 0) is 42.3 Å². The van der Waals surface area contributed by atoms with Crippen LogP contribution in [0, 0.1) is 17.5 Å². The predicted octanol–water partition coefficient (Wildman–Crippen LogP) is 2.49. The Morgan fingerprint density at radius 3 is 2.47 bits per heavy atom. The number of nitrogens with one attached hydrogen (secondary N) is 3. The molecule has 280 valence electrons. The van der Waals surface area contributed by atoms with Crippen LogP contribution in [0.1, 0.15) is 68.2 Å². The van der Waals surface area contributed by atoms with Crippen molar-refractivity contribution in [3.63, 3.8) is 0 Å². The zero-order valence-electron chi connectivity index (χ0n) is 29.1. The molecule has 4 amide bonds. The number of benzene rings is 3. The lowest BCUT2D eigenvalue weighted by atomic mass is 9.83. The predicted molar refractivity (Wildman–Crippen MR) is 188 cm³/mol. The lowest BCUT2D eigenvalue weighted by Crippen LogP contribution is -2.54. The standard InChI is InChI=1S/C37H31F3N10O5/c1-47-33(41-16-42-47)29-31(43-23-14-19(38)13-21-27(23)32(29)45-46-34(21)52)17-3-5-22(39)25(12-17)49-10-8-48(9-11-49)15-18-2-4-20-28(30(18)40)37(55)50(36(20)54)24-6-7-26(51)44-35(24)53/h2-5,12-14,16,24,29,31,43H,6-11,15H2,1H3,(H,46,52)(H,44,51,53)/t24?,29-,31-/m1/s1. The van der Waals surface area contributed by atoms with Gasteiger partial charge in [0.15, 0.2) is 0 Å². The van der Waals surface area contributed by atoms with Gasteiger partial charge >= 0.3 is 0 Å². The number of hydrogen-bond acceptors (Lipinski definition) is 11. The molecule has 3 aromatic carbocycles. The maximum Gasteiger partial charge on any atom is 0.272 e. The van der Waals surface area contributed by atoms with E-state index in [9.17, 15) is 28.4 Å². The first-order chi connectivity index (χ1) is 26.5. The van der Waals surface area contributed by atoms with Gasteiger partial charge in [-0.25, -0.2) is 23.3 Å². The fourth-order valence-corrected chi connectivity index (χ4v) is 8.21. The van der Waals surface area contributed by atoms with Gasteiger partial charge < -0.3 is 10.2 Å². The molecule has 0 spiro atoms. The first kappa shape index (κ1) is 34.3. The number of carbonyl (C=O) groups is 4. The number of imide groups is 2. The SMILES string of the molecule is Cn1ncnc1[C@H]1c2n[nH]c(=O)c3cc(F)cc(c23)N[C@@H]1c1ccc(F)c(N2CCN(Cc3ccc4c(c3F)C(=O)N(C3CCC(=O)NC3=O)C4=O)CC2)c1. The number of aromatic amines is 1. The van der Waals surface area contributed by atoms with Gasteiger partial charge in [-0.2, -0.15) is 10.2 Å². The molecular formula is C37H31F3N10O5. The molecule has 3 N–H and O–H groups in total. The first-order valence-corrected chi connectivity index (χ1v) is 17.6. The van der Waals surface area contributed by atoms with Crippen LogP contribution in [0.25, 0.3) is 10.8 Å². The number of aryl methyl sites for hydroxylation is 1. The van der Waals surface area contributed by atoms with Crippen molar-refractivity contribution in [3.05, 3.63) is 110 Å². The van der Waals surface area contributed by atoms with Gasteiger partial charge in [-0.3, -0.25) is 43.8 Å². The van der Waals surface area contributed by atoms with Gasteiger partial charge in [0.25, 0.3) is 17.4 Å². The minimum Gasteiger partial charge on any atom is -0.376 e. The summed E-state index contributed by atoms with van der Waals surface area (Å²) < 4.78 is 47.9. The molecule has 2 saturated heterocycles. The number of piperazine rings is 1. The summed E-state index contributed by atoms with van der Waals surface area (Å²) in [5.74, 6) is -5.01. The average molecular weight is 753 g/mol. The smallest absolute Gasteiger partial charge is 0.272 e. The van der Waals surface area contributed by atoms with E-state index in [0.29, 0.717) is 60.0 Å². The summed E-state index contributed by atoms with van der Waals surface area (Å²) in [6.07, 6.45) is 1.31. The molecule has 55 heavy (non-hydrogen) atoms. The molecule has 18 heteroatoms. The van der Waals surface area contributed by atoms with Crippen molar-refractivity contribution < 1.29 is 32.3 Å². The van der Waals surface area contributed by atoms with Gasteiger partial charge in [0.05, 0.1) is 39.9 Å². The monoisotopic (exact) mass is 752 g/mol. The van der Waals surface area contributed by atoms with E-state index in [4.69, 9.17) is 0 Å². The van der Waals surface area contributed by atoms with Crippen molar-refractivity contribution in [1.82, 2.24) is 40.1 Å². The van der Waals surface area contributed by atoms with Crippen LogP contribution < -0.4 is 21.1 Å². The normalized spacial score (nSPS) is 21.3. The molecule has 2 fully saturated rings. The molecule has 1 unspecified atom stereocenters. The van der Waals surface area contributed by atoms with Crippen molar-refractivity contribution in [1.29, 1.82) is 0 Å². The van der Waals surface area contributed by atoms with Gasteiger partial charge in [0.1, 0.15) is 35.6 Å². The highest BCUT2D eigenvalue weighted by molar-refractivity contribution is 6.23. The van der Waals surface area contributed by atoms with Crippen molar-refractivity contribution in [3.8, 4) is 0 Å². The highest BCUT2D eigenvalue weighted by Gasteiger charge is 2.46. The Bertz CT molecular complexity index is 2550. The molecular weight excluding hydrogens is 721 g/mol. The molecule has 4 aliphatic rings. The van der Waals surface area contributed by atoms with E-state index in [-0.39, 0.29) is 35.9 Å². The first-order valence-electron chi connectivity index (χ1n) is 17.6. The minimum absolute atomic E-state index is 0.0402. The molecule has 15 nitrogen and oxygen atoms in total. The lowest BCUT2D eigenvalue weighted by molar-refractivity contribution is -0.136. The van der Waals surface area contributed by atoms with Crippen LogP contribution in [0.3, 0.4) is 0 Å². The number of fused-ring (bicyclic) bond motifs is 1. The molecule has 2 aromatic heterocycles. The molecule has 5 aromatic rings. The van der Waals surface area contributed by atoms with Crippen molar-refractivity contribution >= 4 is 45.8 Å². The lowest BCUT2D eigenvalue weighted by Gasteiger charge is -2.37. The fraction of sp³-hybridized carbons (Fsp3) is 0.297. The number of H-pyrrole nitrogens is 1. The second-order valence-corrected chi connectivity index (χ2v) is 14.0. The third-order valence-electron chi connectivity index (χ3n) is 10.9. The molecule has 4 aliphatic heterocycles. The number of nitrogens with zero attached hydrogens (tertiary/aromatic N) is 7. The van der Waals surface area contributed by atoms with Gasteiger partial charge in [0.2, 0.25) is 11.8 Å². The summed E-state index contributed by atoms with van der Waals surface area (Å²) in [5, 5.41) is 17.2. The molecule has 0 bridgehead atoms. The second kappa shape index (κ2) is 12.9. The van der Waals surface area contributed by atoms with Crippen LogP contribution in [0.4, 0.5) is 24.5 Å². The van der Waals surface area contributed by atoms with E-state index < -0.39 is 70.2 Å². The van der Waals surface area contributed by atoms with Crippen LogP contribution in [-0.2, 0) is 23.2 Å². The molecule has 9 rings (SSSR count). The maximum absolute atomic E-state index is 15.9. The Balaban J connectivity index is 0.950. The average Bonchev–Trinajstić information content (AvgIpc) is 3.70. The highest BCUT2D eigenvalue weighted by Crippen LogP contribution is 2.46. The Morgan fingerprint density at radius 2 is 1.73 bits per heavy atom. The van der Waals surface area contributed by atoms with Gasteiger partial charge in [-0.1, -0.05) is 12.1 Å². The Labute approximate surface area is 309 Å². The third-order valence-corrected chi connectivity index (χ3v) is 10.9. The van der Waals surface area contributed by atoms with Crippen LogP contribution in [0.2, 0.25) is 0 Å². The van der Waals surface area contributed by atoms with Crippen LogP contribution >= 0.6 is 0 Å². The van der Waals surface area contributed by atoms with Gasteiger partial charge in [-0.15, -0.1) is 0 Å². The summed E-state index contributed by atoms with van der Waals surface area (Å²) in [6.45, 7) is 1.66. The number of halogens is 3. The Morgan fingerprint density at radius 1 is 0.927 bits per heavy atom. The molecule has 3 atom stereocenters. The molecule has 0 aliphatic carbocycles. The van der Waals surface area contributed by atoms with Crippen LogP contribution in [0.15, 0.2) is 53.6 Å². The van der Waals surface area contributed by atoms with E-state index in [2.05, 4.69) is 30.9 Å². The molecule has 0 saturated carbocycles. The number of anilines is 2. The van der Waals surface area contributed by atoms with Crippen LogP contribution in [0.5, 0.6) is 0 Å². The minimum atomic E-state index is -1.21. The van der Waals surface area contributed by atoms with E-state index >= 15 is 8.78 Å². The van der Waals surface area contributed by atoms with Crippen molar-refractivity contribution in [2.45, 2.75) is 37.4 Å². The number of hydrogen-bond donors (Lipinski definition) is 3. The van der Waals surface area contributed by atoms with Crippen molar-refractivity contribution in [2.24, 2.45) is 7.05 Å². The second-order valence-electron chi connectivity index (χ2n) is 14.0. The number of carbonyl (C=O) groups excluding carboxylic acids is 4. The van der Waals surface area contributed by atoms with E-state index in [1.165, 1.54) is 30.6 Å². The van der Waals surface area contributed by atoms with Crippen molar-refractivity contribution in [2.75, 3.05) is 36.4 Å². The summed E-state index contributed by atoms with van der Waals surface area (Å²) in [6, 6.07) is 8.16. The Kier molecular flexibility index (Phi) is 8.03. The number of amides is 4. The summed E-state index contributed by atoms with van der Waals surface area (Å²) in [5.41, 5.74) is 0.890. The Hall–Kier alpha value is -6.43. The highest BCUT2D eigenvalue weighted by atomic mass is 19.1. The largest absolute Gasteiger partial charge is 0.376 e. The fourth-order valence-electron chi connectivity index (χ4n) is 8.21. The van der Waals surface area contributed by atoms with E-state index in [1.54, 1.807) is 23.9 Å². The molecule has 6 heterocycles.